The van der Waals surface area contributed by atoms with Crippen LogP contribution in [0.25, 0.3) is 10.9 Å². The summed E-state index contributed by atoms with van der Waals surface area (Å²) in [6, 6.07) is 7.33. The van der Waals surface area contributed by atoms with Gasteiger partial charge >= 0.3 is 5.97 Å². The van der Waals surface area contributed by atoms with Crippen LogP contribution in [-0.2, 0) is 4.79 Å². The van der Waals surface area contributed by atoms with Crippen molar-refractivity contribution in [1.29, 1.82) is 0 Å². The number of rotatable bonds is 1. The lowest BCUT2D eigenvalue weighted by Crippen LogP contribution is -2.31. The van der Waals surface area contributed by atoms with Crippen LogP contribution in [0, 0.1) is 5.41 Å². The van der Waals surface area contributed by atoms with E-state index >= 15 is 0 Å². The van der Waals surface area contributed by atoms with Crippen molar-refractivity contribution in [3.8, 4) is 0 Å². The van der Waals surface area contributed by atoms with E-state index in [1.54, 1.807) is 26.8 Å². The van der Waals surface area contributed by atoms with Crippen LogP contribution < -0.4 is 10.6 Å². The second-order valence-electron chi connectivity index (χ2n) is 4.90. The number of nitrogen functional groups attached to an aromatic ring is 1. The molecule has 0 unspecified atom stereocenters. The van der Waals surface area contributed by atoms with Crippen LogP contribution >= 0.6 is 0 Å². The van der Waals surface area contributed by atoms with Gasteiger partial charge < -0.3 is 10.6 Å². The average Bonchev–Trinajstić information content (AvgIpc) is 2.56. The minimum absolute atomic E-state index is 0.349. The number of aromatic nitrogens is 2. The van der Waals surface area contributed by atoms with Crippen molar-refractivity contribution in [2.75, 3.05) is 5.73 Å². The SMILES string of the molecule is CC(C)(C)C(=O)On1nc(N)c2ccccc21. The van der Waals surface area contributed by atoms with E-state index in [9.17, 15) is 4.79 Å². The number of para-hydroxylation sites is 1. The summed E-state index contributed by atoms with van der Waals surface area (Å²) in [5.74, 6) is -0.00642. The van der Waals surface area contributed by atoms with Crippen molar-refractivity contribution in [2.45, 2.75) is 20.8 Å². The molecule has 0 saturated carbocycles. The lowest BCUT2D eigenvalue weighted by atomic mass is 9.98. The Morgan fingerprint density at radius 2 is 2.00 bits per heavy atom. The summed E-state index contributed by atoms with van der Waals surface area (Å²) in [6.07, 6.45) is 0. The fourth-order valence-electron chi connectivity index (χ4n) is 1.35. The molecular formula is C12H15N3O2. The van der Waals surface area contributed by atoms with E-state index in [2.05, 4.69) is 5.10 Å². The van der Waals surface area contributed by atoms with E-state index < -0.39 is 5.41 Å². The summed E-state index contributed by atoms with van der Waals surface area (Å²) >= 11 is 0. The Morgan fingerprint density at radius 3 is 2.65 bits per heavy atom. The van der Waals surface area contributed by atoms with Gasteiger partial charge in [0.25, 0.3) is 0 Å². The van der Waals surface area contributed by atoms with Gasteiger partial charge in [-0.15, -0.1) is 5.10 Å². The van der Waals surface area contributed by atoms with Crippen LogP contribution in [0.3, 0.4) is 0 Å². The van der Waals surface area contributed by atoms with Gasteiger partial charge in [-0.1, -0.05) is 17.0 Å². The average molecular weight is 233 g/mol. The number of benzene rings is 1. The molecule has 0 aliphatic rings. The number of fused-ring (bicyclic) bond motifs is 1. The molecule has 0 atom stereocenters. The number of hydrogen-bond acceptors (Lipinski definition) is 4. The summed E-state index contributed by atoms with van der Waals surface area (Å²) in [5, 5.41) is 4.77. The highest BCUT2D eigenvalue weighted by Gasteiger charge is 2.25. The molecule has 5 heteroatoms. The highest BCUT2D eigenvalue weighted by Crippen LogP contribution is 2.20. The lowest BCUT2D eigenvalue weighted by molar-refractivity contribution is -0.154. The molecule has 1 heterocycles. The van der Waals surface area contributed by atoms with Crippen molar-refractivity contribution < 1.29 is 9.63 Å². The molecule has 1 aromatic carbocycles. The number of nitrogens with two attached hydrogens (primary N) is 1. The minimum atomic E-state index is -0.582. The Labute approximate surface area is 99.1 Å². The van der Waals surface area contributed by atoms with Gasteiger partial charge in [-0.25, -0.2) is 4.79 Å². The number of anilines is 1. The predicted octanol–water partition coefficient (Wildman–Crippen LogP) is 1.62. The van der Waals surface area contributed by atoms with E-state index in [1.165, 1.54) is 4.85 Å². The Hall–Kier alpha value is -2.04. The zero-order valence-corrected chi connectivity index (χ0v) is 10.1. The standard InChI is InChI=1S/C12H15N3O2/c1-12(2,3)11(16)17-15-9-7-5-4-6-8(9)10(13)14-15/h4-7H,1-3H3,(H2,13,14). The summed E-state index contributed by atoms with van der Waals surface area (Å²) < 4.78 is 0. The molecule has 90 valence electrons. The maximum atomic E-state index is 11.8. The van der Waals surface area contributed by atoms with Crippen LogP contribution in [0.2, 0.25) is 0 Å². The molecule has 0 fully saturated rings. The van der Waals surface area contributed by atoms with Gasteiger partial charge in [0, 0.05) is 5.39 Å². The first-order valence-corrected chi connectivity index (χ1v) is 5.35. The van der Waals surface area contributed by atoms with E-state index in [0.717, 1.165) is 5.39 Å². The molecule has 0 aliphatic heterocycles. The molecule has 2 aromatic rings. The molecule has 2 rings (SSSR count). The summed E-state index contributed by atoms with van der Waals surface area (Å²) in [4.78, 5) is 18.1. The van der Waals surface area contributed by atoms with Crippen molar-refractivity contribution in [3.63, 3.8) is 0 Å². The minimum Gasteiger partial charge on any atom is -0.382 e. The molecule has 0 amide bonds. The van der Waals surface area contributed by atoms with Crippen molar-refractivity contribution in [3.05, 3.63) is 24.3 Å². The van der Waals surface area contributed by atoms with Crippen LogP contribution in [0.15, 0.2) is 24.3 Å². The van der Waals surface area contributed by atoms with Gasteiger partial charge in [0.05, 0.1) is 5.41 Å². The molecule has 0 bridgehead atoms. The lowest BCUT2D eigenvalue weighted by Gasteiger charge is -2.15. The second-order valence-corrected chi connectivity index (χ2v) is 4.90. The highest BCUT2D eigenvalue weighted by atomic mass is 16.7. The molecule has 0 spiro atoms. The Morgan fingerprint density at radius 1 is 1.35 bits per heavy atom. The van der Waals surface area contributed by atoms with Gasteiger partial charge in [-0.2, -0.15) is 0 Å². The fraction of sp³-hybridized carbons (Fsp3) is 0.333. The maximum absolute atomic E-state index is 11.8. The van der Waals surface area contributed by atoms with E-state index in [-0.39, 0.29) is 5.97 Å². The van der Waals surface area contributed by atoms with Crippen LogP contribution in [0.1, 0.15) is 20.8 Å². The normalized spacial score (nSPS) is 11.7. The zero-order valence-electron chi connectivity index (χ0n) is 10.1. The number of hydrogen-bond donors (Lipinski definition) is 1. The first-order chi connectivity index (χ1) is 7.89. The third-order valence-electron chi connectivity index (χ3n) is 2.37. The third-order valence-corrected chi connectivity index (χ3v) is 2.37. The molecule has 2 N–H and O–H groups in total. The predicted molar refractivity (Wildman–Crippen MR) is 65.2 cm³/mol. The smallest absolute Gasteiger partial charge is 0.340 e. The quantitative estimate of drug-likeness (QED) is 0.812. The molecule has 5 nitrogen and oxygen atoms in total. The number of carbonyl (C=O) groups is 1. The topological polar surface area (TPSA) is 70.1 Å². The van der Waals surface area contributed by atoms with Crippen LogP contribution in [0.4, 0.5) is 5.82 Å². The van der Waals surface area contributed by atoms with Crippen molar-refractivity contribution in [2.24, 2.45) is 5.41 Å². The first-order valence-electron chi connectivity index (χ1n) is 5.35. The number of carbonyl (C=O) groups excluding carboxylic acids is 1. The Balaban J connectivity index is 2.41. The van der Waals surface area contributed by atoms with Gasteiger partial charge in [0.1, 0.15) is 5.52 Å². The second kappa shape index (κ2) is 3.76. The van der Waals surface area contributed by atoms with Crippen LogP contribution in [-0.4, -0.2) is 15.9 Å². The highest BCUT2D eigenvalue weighted by molar-refractivity contribution is 5.89. The van der Waals surface area contributed by atoms with Gasteiger partial charge in [0.2, 0.25) is 0 Å². The molecule has 0 radical (unpaired) electrons. The molecular weight excluding hydrogens is 218 g/mol. The van der Waals surface area contributed by atoms with E-state index in [0.29, 0.717) is 11.3 Å². The molecule has 0 aliphatic carbocycles. The van der Waals surface area contributed by atoms with Gasteiger partial charge in [0.15, 0.2) is 5.82 Å². The van der Waals surface area contributed by atoms with Gasteiger partial charge in [-0.05, 0) is 32.9 Å². The third kappa shape index (κ3) is 2.08. The van der Waals surface area contributed by atoms with E-state index in [1.807, 2.05) is 18.2 Å². The Kier molecular flexibility index (Phi) is 2.53. The summed E-state index contributed by atoms with van der Waals surface area (Å²) in [5.41, 5.74) is 5.84. The molecule has 1 aromatic heterocycles. The first kappa shape index (κ1) is 11.4. The Bertz CT molecular complexity index is 567. The monoisotopic (exact) mass is 233 g/mol. The summed E-state index contributed by atoms with van der Waals surface area (Å²) in [6.45, 7) is 5.35. The van der Waals surface area contributed by atoms with Crippen molar-refractivity contribution >= 4 is 22.7 Å². The van der Waals surface area contributed by atoms with E-state index in [4.69, 9.17) is 10.6 Å². The zero-order chi connectivity index (χ0) is 12.6. The van der Waals surface area contributed by atoms with Gasteiger partial charge in [-0.3, -0.25) is 0 Å². The summed E-state index contributed by atoms with van der Waals surface area (Å²) in [7, 11) is 0. The largest absolute Gasteiger partial charge is 0.382 e. The van der Waals surface area contributed by atoms with Crippen LogP contribution in [0.5, 0.6) is 0 Å². The molecule has 17 heavy (non-hydrogen) atoms. The molecule has 0 saturated heterocycles. The van der Waals surface area contributed by atoms with Crippen molar-refractivity contribution in [1.82, 2.24) is 9.94 Å². The fourth-order valence-corrected chi connectivity index (χ4v) is 1.35. The number of nitrogens with zero attached hydrogens (tertiary/aromatic N) is 2. The maximum Gasteiger partial charge on any atom is 0.340 e.